The molecule has 0 saturated carbocycles. The predicted octanol–water partition coefficient (Wildman–Crippen LogP) is 6.40. The number of ketones is 1. The molecule has 0 saturated heterocycles. The zero-order valence-corrected chi connectivity index (χ0v) is 14.3. The number of rotatable bonds is 4. The van der Waals surface area contributed by atoms with Crippen molar-refractivity contribution in [2.45, 2.75) is 0 Å². The summed E-state index contributed by atoms with van der Waals surface area (Å²) in [6, 6.07) is 32.2. The lowest BCUT2D eigenvalue weighted by Crippen LogP contribution is -1.93. The van der Waals surface area contributed by atoms with Crippen molar-refractivity contribution in [2.75, 3.05) is 0 Å². The number of hydrogen-bond donors (Lipinski definition) is 0. The molecule has 26 heavy (non-hydrogen) atoms. The molecule has 0 N–H and O–H groups in total. The van der Waals surface area contributed by atoms with Gasteiger partial charge >= 0.3 is 0 Å². The van der Waals surface area contributed by atoms with Gasteiger partial charge in [-0.2, -0.15) is 0 Å². The molecule has 0 atom stereocenters. The zero-order valence-electron chi connectivity index (χ0n) is 14.3. The molecule has 0 radical (unpaired) electrons. The highest BCUT2D eigenvalue weighted by molar-refractivity contribution is 6.07. The summed E-state index contributed by atoms with van der Waals surface area (Å²) in [5, 5.41) is 2.43. The number of allylic oxidation sites excluding steroid dienone is 1. The van der Waals surface area contributed by atoms with Gasteiger partial charge in [0.2, 0.25) is 0 Å². The Hall–Kier alpha value is -3.45. The summed E-state index contributed by atoms with van der Waals surface area (Å²) in [5.41, 5.74) is 4.04. The van der Waals surface area contributed by atoms with Crippen molar-refractivity contribution in [1.29, 1.82) is 0 Å². The average Bonchev–Trinajstić information content (AvgIpc) is 2.72. The van der Waals surface area contributed by atoms with Crippen molar-refractivity contribution in [3.63, 3.8) is 0 Å². The zero-order chi connectivity index (χ0) is 17.8. The van der Waals surface area contributed by atoms with Crippen molar-refractivity contribution in [3.8, 4) is 11.1 Å². The molecule has 1 nitrogen and oxygen atoms in total. The van der Waals surface area contributed by atoms with Gasteiger partial charge in [0.1, 0.15) is 0 Å². The molecule has 124 valence electrons. The molecule has 4 aromatic rings. The summed E-state index contributed by atoms with van der Waals surface area (Å²) in [4.78, 5) is 12.4. The lowest BCUT2D eigenvalue weighted by molar-refractivity contribution is 0.104. The quantitative estimate of drug-likeness (QED) is 0.311. The van der Waals surface area contributed by atoms with Crippen LogP contribution in [-0.4, -0.2) is 5.78 Å². The van der Waals surface area contributed by atoms with Crippen LogP contribution in [0.5, 0.6) is 0 Å². The Bertz CT molecular complexity index is 1090. The van der Waals surface area contributed by atoms with Gasteiger partial charge in [0.15, 0.2) is 5.78 Å². The van der Waals surface area contributed by atoms with Crippen LogP contribution in [0.1, 0.15) is 15.9 Å². The predicted molar refractivity (Wildman–Crippen MR) is 109 cm³/mol. The van der Waals surface area contributed by atoms with Gasteiger partial charge in [-0.05, 0) is 33.5 Å². The summed E-state index contributed by atoms with van der Waals surface area (Å²) in [6.07, 6.45) is 3.56. The summed E-state index contributed by atoms with van der Waals surface area (Å²) in [6.45, 7) is 0. The Morgan fingerprint density at radius 3 is 2.15 bits per heavy atom. The van der Waals surface area contributed by atoms with Gasteiger partial charge in [0.25, 0.3) is 0 Å². The van der Waals surface area contributed by atoms with Crippen LogP contribution in [-0.2, 0) is 0 Å². The molecule has 0 aliphatic rings. The number of carbonyl (C=O) groups excluding carboxylic acids is 1. The molecule has 0 amide bonds. The van der Waals surface area contributed by atoms with Crippen LogP contribution in [0, 0.1) is 0 Å². The Kier molecular flexibility index (Phi) is 4.44. The van der Waals surface area contributed by atoms with Crippen LogP contribution >= 0.6 is 0 Å². The van der Waals surface area contributed by atoms with E-state index in [1.807, 2.05) is 54.6 Å². The van der Waals surface area contributed by atoms with Crippen molar-refractivity contribution in [3.05, 3.63) is 114 Å². The summed E-state index contributed by atoms with van der Waals surface area (Å²) in [5.74, 6) is 0.0123. The van der Waals surface area contributed by atoms with E-state index in [2.05, 4.69) is 48.5 Å². The molecule has 0 aliphatic carbocycles. The fourth-order valence-corrected chi connectivity index (χ4v) is 3.21. The Morgan fingerprint density at radius 1 is 0.615 bits per heavy atom. The van der Waals surface area contributed by atoms with Crippen molar-refractivity contribution < 1.29 is 4.79 Å². The topological polar surface area (TPSA) is 17.1 Å². The lowest BCUT2D eigenvalue weighted by Gasteiger charge is -2.10. The molecule has 0 bridgehead atoms. The van der Waals surface area contributed by atoms with E-state index in [-0.39, 0.29) is 5.78 Å². The van der Waals surface area contributed by atoms with E-state index in [1.165, 1.54) is 16.3 Å². The highest BCUT2D eigenvalue weighted by Crippen LogP contribution is 2.31. The molecule has 4 rings (SSSR count). The van der Waals surface area contributed by atoms with Crippen LogP contribution in [0.4, 0.5) is 0 Å². The lowest BCUT2D eigenvalue weighted by atomic mass is 9.94. The number of hydrogen-bond acceptors (Lipinski definition) is 1. The highest BCUT2D eigenvalue weighted by Gasteiger charge is 2.07. The fraction of sp³-hybridized carbons (Fsp3) is 0. The number of carbonyl (C=O) groups is 1. The van der Waals surface area contributed by atoms with E-state index in [4.69, 9.17) is 0 Å². The third-order valence-electron chi connectivity index (χ3n) is 4.51. The standard InChI is InChI=1S/C25H18O/c26-25(21-11-2-1-3-12-21)18-17-20-10-5-7-15-23(20)24-16-8-13-19-9-4-6-14-22(19)24/h1-18H/b18-17+. The maximum atomic E-state index is 12.4. The second kappa shape index (κ2) is 7.20. The number of fused-ring (bicyclic) bond motifs is 1. The summed E-state index contributed by atoms with van der Waals surface area (Å²) < 4.78 is 0. The van der Waals surface area contributed by atoms with E-state index >= 15 is 0 Å². The van der Waals surface area contributed by atoms with E-state index in [9.17, 15) is 4.79 Å². The van der Waals surface area contributed by atoms with Crippen LogP contribution in [0.25, 0.3) is 28.0 Å². The largest absolute Gasteiger partial charge is 0.289 e. The fourth-order valence-electron chi connectivity index (χ4n) is 3.21. The highest BCUT2D eigenvalue weighted by atomic mass is 16.1. The Morgan fingerprint density at radius 2 is 1.27 bits per heavy atom. The van der Waals surface area contributed by atoms with Crippen LogP contribution < -0.4 is 0 Å². The maximum Gasteiger partial charge on any atom is 0.185 e. The van der Waals surface area contributed by atoms with Gasteiger partial charge in [-0.1, -0.05) is 103 Å². The first-order chi connectivity index (χ1) is 12.8. The summed E-state index contributed by atoms with van der Waals surface area (Å²) in [7, 11) is 0. The monoisotopic (exact) mass is 334 g/mol. The molecule has 0 aromatic heterocycles. The third kappa shape index (κ3) is 3.20. The van der Waals surface area contributed by atoms with E-state index < -0.39 is 0 Å². The third-order valence-corrected chi connectivity index (χ3v) is 4.51. The molecule has 4 aromatic carbocycles. The molecule has 0 aliphatic heterocycles. The SMILES string of the molecule is O=C(/C=C/c1ccccc1-c1cccc2ccccc12)c1ccccc1. The average molecular weight is 334 g/mol. The van der Waals surface area contributed by atoms with Crippen molar-refractivity contribution >= 4 is 22.6 Å². The smallest absolute Gasteiger partial charge is 0.185 e. The van der Waals surface area contributed by atoms with E-state index in [1.54, 1.807) is 6.08 Å². The molecular formula is C25H18O. The molecule has 0 unspecified atom stereocenters. The number of benzene rings is 4. The van der Waals surface area contributed by atoms with Gasteiger partial charge in [0, 0.05) is 5.56 Å². The van der Waals surface area contributed by atoms with Crippen molar-refractivity contribution in [1.82, 2.24) is 0 Å². The first-order valence-electron chi connectivity index (χ1n) is 8.67. The molecule has 0 spiro atoms. The molecule has 1 heteroatoms. The summed E-state index contributed by atoms with van der Waals surface area (Å²) >= 11 is 0. The van der Waals surface area contributed by atoms with Gasteiger partial charge in [-0.15, -0.1) is 0 Å². The minimum atomic E-state index is 0.0123. The first kappa shape index (κ1) is 16.0. The van der Waals surface area contributed by atoms with Gasteiger partial charge in [-0.25, -0.2) is 0 Å². The van der Waals surface area contributed by atoms with Crippen molar-refractivity contribution in [2.24, 2.45) is 0 Å². The molecule has 0 heterocycles. The van der Waals surface area contributed by atoms with Gasteiger partial charge in [0.05, 0.1) is 0 Å². The molecular weight excluding hydrogens is 316 g/mol. The maximum absolute atomic E-state index is 12.4. The first-order valence-corrected chi connectivity index (χ1v) is 8.67. The Labute approximate surface area is 153 Å². The molecule has 0 fully saturated rings. The van der Waals surface area contributed by atoms with Crippen LogP contribution in [0.2, 0.25) is 0 Å². The van der Waals surface area contributed by atoms with Gasteiger partial charge in [-0.3, -0.25) is 4.79 Å². The second-order valence-electron chi connectivity index (χ2n) is 6.18. The minimum absolute atomic E-state index is 0.0123. The van der Waals surface area contributed by atoms with Crippen LogP contribution in [0.3, 0.4) is 0 Å². The Balaban J connectivity index is 1.76. The van der Waals surface area contributed by atoms with E-state index in [0.717, 1.165) is 11.1 Å². The normalized spacial score (nSPS) is 11.1. The minimum Gasteiger partial charge on any atom is -0.289 e. The van der Waals surface area contributed by atoms with E-state index in [0.29, 0.717) is 5.56 Å². The van der Waals surface area contributed by atoms with Crippen LogP contribution in [0.15, 0.2) is 103 Å². The second-order valence-corrected chi connectivity index (χ2v) is 6.18. The van der Waals surface area contributed by atoms with Gasteiger partial charge < -0.3 is 0 Å².